The van der Waals surface area contributed by atoms with Gasteiger partial charge in [0, 0.05) is 25.3 Å². The molecule has 80 valence electrons. The minimum absolute atomic E-state index is 0.0697. The van der Waals surface area contributed by atoms with E-state index in [1.165, 1.54) is 0 Å². The van der Waals surface area contributed by atoms with Gasteiger partial charge in [0.15, 0.2) is 6.79 Å². The second kappa shape index (κ2) is 6.82. The molecule has 0 aliphatic rings. The van der Waals surface area contributed by atoms with Crippen LogP contribution in [0.5, 0.6) is 5.75 Å². The van der Waals surface area contributed by atoms with Crippen LogP contribution in [0.4, 0.5) is 0 Å². The molecule has 1 rings (SSSR count). The third-order valence-corrected chi connectivity index (χ3v) is 1.53. The molecule has 1 heterocycles. The number of ether oxygens (including phenoxy) is 2. The van der Waals surface area contributed by atoms with E-state index in [2.05, 4.69) is 16.8 Å². The first-order valence-corrected chi connectivity index (χ1v) is 4.53. The Labute approximate surface area is 88.9 Å². The molecule has 1 N–H and O–H groups in total. The van der Waals surface area contributed by atoms with Gasteiger partial charge in [0.25, 0.3) is 0 Å². The molecule has 1 aromatic rings. The normalized spacial score (nSPS) is 9.20. The van der Waals surface area contributed by atoms with E-state index in [1.807, 2.05) is 0 Å². The number of nitrogens with zero attached hydrogens (tertiary/aromatic N) is 1. The highest BCUT2D eigenvalue weighted by atomic mass is 16.7. The number of hydrogen-bond acceptors (Lipinski definition) is 4. The van der Waals surface area contributed by atoms with Gasteiger partial charge in [0.05, 0.1) is 12.8 Å². The fourth-order valence-electron chi connectivity index (χ4n) is 0.914. The highest BCUT2D eigenvalue weighted by molar-refractivity contribution is 5.36. The molecular weight excluding hydrogens is 194 g/mol. The number of pyridine rings is 1. The van der Waals surface area contributed by atoms with Crippen LogP contribution in [0.25, 0.3) is 0 Å². The topological polar surface area (TPSA) is 51.6 Å². The summed E-state index contributed by atoms with van der Waals surface area (Å²) in [4.78, 5) is 3.97. The lowest BCUT2D eigenvalue weighted by Gasteiger charge is -2.03. The molecule has 0 aliphatic carbocycles. The molecule has 0 aromatic carbocycles. The standard InChI is InChI=1S/C11H13NO3/c1-14-9-15-11-6-10(7-12-8-11)4-2-3-5-13/h6-8,13H,3,5,9H2,1H3. The summed E-state index contributed by atoms with van der Waals surface area (Å²) in [5.41, 5.74) is 0.761. The second-order valence-electron chi connectivity index (χ2n) is 2.74. The molecule has 15 heavy (non-hydrogen) atoms. The van der Waals surface area contributed by atoms with Crippen LogP contribution >= 0.6 is 0 Å². The van der Waals surface area contributed by atoms with Gasteiger partial charge in [-0.25, -0.2) is 0 Å². The van der Waals surface area contributed by atoms with Crippen molar-refractivity contribution >= 4 is 0 Å². The van der Waals surface area contributed by atoms with Gasteiger partial charge in [0.2, 0.25) is 0 Å². The molecule has 0 fully saturated rings. The molecule has 0 amide bonds. The van der Waals surface area contributed by atoms with Crippen molar-refractivity contribution in [1.29, 1.82) is 0 Å². The maximum Gasteiger partial charge on any atom is 0.188 e. The van der Waals surface area contributed by atoms with Gasteiger partial charge in [0.1, 0.15) is 5.75 Å². The first-order chi connectivity index (χ1) is 7.36. The number of rotatable bonds is 4. The molecule has 0 spiro atoms. The molecule has 0 radical (unpaired) electrons. The lowest BCUT2D eigenvalue weighted by atomic mass is 10.2. The van der Waals surface area contributed by atoms with Gasteiger partial charge < -0.3 is 14.6 Å². The Hall–Kier alpha value is -1.57. The Morgan fingerprint density at radius 2 is 2.33 bits per heavy atom. The van der Waals surface area contributed by atoms with Gasteiger partial charge in [-0.1, -0.05) is 11.8 Å². The van der Waals surface area contributed by atoms with E-state index in [9.17, 15) is 0 Å². The molecule has 4 nitrogen and oxygen atoms in total. The Balaban J connectivity index is 2.62. The summed E-state index contributed by atoms with van der Waals surface area (Å²) < 4.78 is 9.97. The van der Waals surface area contributed by atoms with Crippen LogP contribution in [0.15, 0.2) is 18.5 Å². The summed E-state index contributed by atoms with van der Waals surface area (Å²) in [6.07, 6.45) is 3.70. The van der Waals surface area contributed by atoms with Gasteiger partial charge in [-0.05, 0) is 6.07 Å². The SMILES string of the molecule is COCOc1cncc(C#CCCO)c1. The van der Waals surface area contributed by atoms with E-state index >= 15 is 0 Å². The summed E-state index contributed by atoms with van der Waals surface area (Å²) >= 11 is 0. The first-order valence-electron chi connectivity index (χ1n) is 4.53. The van der Waals surface area contributed by atoms with E-state index in [0.717, 1.165) is 5.56 Å². The van der Waals surface area contributed by atoms with E-state index in [1.54, 1.807) is 25.6 Å². The lowest BCUT2D eigenvalue weighted by Crippen LogP contribution is -1.99. The summed E-state index contributed by atoms with van der Waals surface area (Å²) in [7, 11) is 1.55. The van der Waals surface area contributed by atoms with Crippen LogP contribution in [0.2, 0.25) is 0 Å². The van der Waals surface area contributed by atoms with Crippen molar-refractivity contribution in [2.45, 2.75) is 6.42 Å². The van der Waals surface area contributed by atoms with E-state index < -0.39 is 0 Å². The highest BCUT2D eigenvalue weighted by Crippen LogP contribution is 2.09. The monoisotopic (exact) mass is 207 g/mol. The largest absolute Gasteiger partial charge is 0.466 e. The van der Waals surface area contributed by atoms with Crippen molar-refractivity contribution in [3.8, 4) is 17.6 Å². The summed E-state index contributed by atoms with van der Waals surface area (Å²) in [6, 6.07) is 1.77. The Bertz CT molecular complexity index is 354. The van der Waals surface area contributed by atoms with Crippen molar-refractivity contribution in [3.63, 3.8) is 0 Å². The molecule has 0 aliphatic heterocycles. The average Bonchev–Trinajstić information content (AvgIpc) is 2.27. The van der Waals surface area contributed by atoms with Crippen molar-refractivity contribution in [2.24, 2.45) is 0 Å². The number of hydrogen-bond donors (Lipinski definition) is 1. The second-order valence-corrected chi connectivity index (χ2v) is 2.74. The Morgan fingerprint density at radius 3 is 3.07 bits per heavy atom. The van der Waals surface area contributed by atoms with Crippen LogP contribution in [0.3, 0.4) is 0 Å². The molecule has 0 unspecified atom stereocenters. The maximum atomic E-state index is 8.56. The predicted octanol–water partition coefficient (Wildman–Crippen LogP) is 0.798. The van der Waals surface area contributed by atoms with E-state index in [-0.39, 0.29) is 13.4 Å². The van der Waals surface area contributed by atoms with E-state index in [4.69, 9.17) is 14.6 Å². The number of aliphatic hydroxyl groups excluding tert-OH is 1. The van der Waals surface area contributed by atoms with Crippen LogP contribution in [0, 0.1) is 11.8 Å². The first kappa shape index (κ1) is 11.5. The van der Waals surface area contributed by atoms with Gasteiger partial charge >= 0.3 is 0 Å². The predicted molar refractivity (Wildman–Crippen MR) is 55.3 cm³/mol. The Kier molecular flexibility index (Phi) is 5.23. The quantitative estimate of drug-likeness (QED) is 0.586. The molecule has 0 atom stereocenters. The van der Waals surface area contributed by atoms with Crippen molar-refractivity contribution in [3.05, 3.63) is 24.0 Å². The minimum atomic E-state index is 0.0697. The van der Waals surface area contributed by atoms with Crippen LogP contribution in [-0.4, -0.2) is 30.6 Å². The minimum Gasteiger partial charge on any atom is -0.466 e. The fraction of sp³-hybridized carbons (Fsp3) is 0.364. The third-order valence-electron chi connectivity index (χ3n) is 1.53. The molecular formula is C11H13NO3. The van der Waals surface area contributed by atoms with Crippen molar-refractivity contribution in [2.75, 3.05) is 20.5 Å². The highest BCUT2D eigenvalue weighted by Gasteiger charge is 1.94. The smallest absolute Gasteiger partial charge is 0.188 e. The zero-order valence-corrected chi connectivity index (χ0v) is 8.56. The average molecular weight is 207 g/mol. The third kappa shape index (κ3) is 4.45. The van der Waals surface area contributed by atoms with E-state index in [0.29, 0.717) is 12.2 Å². The van der Waals surface area contributed by atoms with Gasteiger partial charge in [-0.2, -0.15) is 0 Å². The zero-order valence-electron chi connectivity index (χ0n) is 8.56. The maximum absolute atomic E-state index is 8.56. The van der Waals surface area contributed by atoms with Crippen LogP contribution in [0.1, 0.15) is 12.0 Å². The molecule has 0 saturated carbocycles. The number of aromatic nitrogens is 1. The van der Waals surface area contributed by atoms with Crippen molar-refractivity contribution < 1.29 is 14.6 Å². The summed E-state index contributed by atoms with van der Waals surface area (Å²) in [6.45, 7) is 0.259. The van der Waals surface area contributed by atoms with Crippen LogP contribution in [-0.2, 0) is 4.74 Å². The number of methoxy groups -OCH3 is 1. The summed E-state index contributed by atoms with van der Waals surface area (Å²) in [5, 5.41) is 8.56. The fourth-order valence-corrected chi connectivity index (χ4v) is 0.914. The van der Waals surface area contributed by atoms with Gasteiger partial charge in [-0.3, -0.25) is 4.98 Å². The molecule has 0 bridgehead atoms. The van der Waals surface area contributed by atoms with Crippen molar-refractivity contribution in [1.82, 2.24) is 4.98 Å². The summed E-state index contributed by atoms with van der Waals surface area (Å²) in [5.74, 6) is 6.30. The Morgan fingerprint density at radius 1 is 1.47 bits per heavy atom. The molecule has 1 aromatic heterocycles. The number of aliphatic hydroxyl groups is 1. The lowest BCUT2D eigenvalue weighted by molar-refractivity contribution is 0.0508. The van der Waals surface area contributed by atoms with Crippen LogP contribution < -0.4 is 4.74 Å². The molecule has 4 heteroatoms. The molecule has 0 saturated heterocycles. The van der Waals surface area contributed by atoms with Gasteiger partial charge in [-0.15, -0.1) is 0 Å². The zero-order chi connectivity index (χ0) is 10.9.